The highest BCUT2D eigenvalue weighted by molar-refractivity contribution is 8.00. The van der Waals surface area contributed by atoms with E-state index in [1.54, 1.807) is 0 Å². The zero-order chi connectivity index (χ0) is 19.4. The smallest absolute Gasteiger partial charge is 0.238 e. The Morgan fingerprint density at radius 3 is 2.15 bits per heavy atom. The van der Waals surface area contributed by atoms with Gasteiger partial charge in [0.05, 0.1) is 0 Å². The molecule has 0 aliphatic heterocycles. The predicted molar refractivity (Wildman–Crippen MR) is 112 cm³/mol. The van der Waals surface area contributed by atoms with E-state index in [0.717, 1.165) is 16.9 Å². The molecule has 2 rings (SSSR count). The monoisotopic (exact) mass is 370 g/mol. The van der Waals surface area contributed by atoms with Crippen LogP contribution in [0.4, 0.5) is 5.69 Å². The third-order valence-electron chi connectivity index (χ3n) is 3.94. The van der Waals surface area contributed by atoms with Gasteiger partial charge in [-0.2, -0.15) is 0 Å². The SMILES string of the molecule is CC(C)(C)CC(C)(C)NC(=O)[C@@H](Sc1ccccc1N)c1ccccc1. The summed E-state index contributed by atoms with van der Waals surface area (Å²) < 4.78 is 0. The van der Waals surface area contributed by atoms with E-state index in [4.69, 9.17) is 5.73 Å². The van der Waals surface area contributed by atoms with Gasteiger partial charge in [-0.1, -0.05) is 63.2 Å². The summed E-state index contributed by atoms with van der Waals surface area (Å²) in [6.45, 7) is 10.7. The molecule has 3 nitrogen and oxygen atoms in total. The van der Waals surface area contributed by atoms with Gasteiger partial charge in [0, 0.05) is 16.1 Å². The summed E-state index contributed by atoms with van der Waals surface area (Å²) >= 11 is 1.50. The Kier molecular flexibility index (Phi) is 6.40. The lowest BCUT2D eigenvalue weighted by Crippen LogP contribution is -2.47. The maximum atomic E-state index is 13.2. The molecular weight excluding hydrogens is 340 g/mol. The predicted octanol–water partition coefficient (Wildman–Crippen LogP) is 5.43. The van der Waals surface area contributed by atoms with Crippen molar-refractivity contribution >= 4 is 23.4 Å². The Hall–Kier alpha value is -1.94. The van der Waals surface area contributed by atoms with Crippen LogP contribution in [0.1, 0.15) is 51.9 Å². The van der Waals surface area contributed by atoms with Crippen LogP contribution in [0.2, 0.25) is 0 Å². The number of carbonyl (C=O) groups is 1. The van der Waals surface area contributed by atoms with E-state index in [1.807, 2.05) is 54.6 Å². The highest BCUT2D eigenvalue weighted by atomic mass is 32.2. The van der Waals surface area contributed by atoms with Crippen LogP contribution in [0, 0.1) is 5.41 Å². The fourth-order valence-electron chi connectivity index (χ4n) is 3.38. The number of anilines is 1. The van der Waals surface area contributed by atoms with E-state index in [1.165, 1.54) is 11.8 Å². The number of thioether (sulfide) groups is 1. The molecule has 140 valence electrons. The van der Waals surface area contributed by atoms with Crippen molar-refractivity contribution in [3.05, 3.63) is 60.2 Å². The number of hydrogen-bond donors (Lipinski definition) is 2. The number of hydrogen-bond acceptors (Lipinski definition) is 3. The number of benzene rings is 2. The highest BCUT2D eigenvalue weighted by Crippen LogP contribution is 2.39. The van der Waals surface area contributed by atoms with Gasteiger partial charge in [-0.3, -0.25) is 4.79 Å². The summed E-state index contributed by atoms with van der Waals surface area (Å²) in [4.78, 5) is 14.1. The van der Waals surface area contributed by atoms with Crippen molar-refractivity contribution in [1.29, 1.82) is 0 Å². The maximum Gasteiger partial charge on any atom is 0.238 e. The Morgan fingerprint density at radius 1 is 1.00 bits per heavy atom. The molecule has 1 atom stereocenters. The van der Waals surface area contributed by atoms with Gasteiger partial charge in [0.1, 0.15) is 5.25 Å². The van der Waals surface area contributed by atoms with Crippen molar-refractivity contribution in [1.82, 2.24) is 5.32 Å². The van der Waals surface area contributed by atoms with Crippen molar-refractivity contribution in [2.75, 3.05) is 5.73 Å². The summed E-state index contributed by atoms with van der Waals surface area (Å²) in [6, 6.07) is 17.6. The molecule has 0 saturated heterocycles. The van der Waals surface area contributed by atoms with E-state index in [2.05, 4.69) is 39.9 Å². The molecule has 0 bridgehead atoms. The minimum Gasteiger partial charge on any atom is -0.398 e. The average Bonchev–Trinajstić information content (AvgIpc) is 2.52. The second kappa shape index (κ2) is 8.17. The standard InChI is InChI=1S/C22H30N2OS/c1-21(2,3)15-22(4,5)24-20(25)19(16-11-7-6-8-12-16)26-18-14-10-9-13-17(18)23/h6-14,19H,15,23H2,1-5H3,(H,24,25)/t19-/m0/s1. The number of nitrogens with one attached hydrogen (secondary N) is 1. The number of rotatable bonds is 6. The van der Waals surface area contributed by atoms with Crippen LogP contribution in [0.3, 0.4) is 0 Å². The Balaban J connectivity index is 2.26. The Labute approximate surface area is 161 Å². The molecule has 26 heavy (non-hydrogen) atoms. The summed E-state index contributed by atoms with van der Waals surface area (Å²) in [5, 5.41) is 2.90. The molecule has 1 amide bonds. The molecule has 2 aromatic rings. The maximum absolute atomic E-state index is 13.2. The molecule has 2 aromatic carbocycles. The van der Waals surface area contributed by atoms with Crippen LogP contribution in [0.15, 0.2) is 59.5 Å². The highest BCUT2D eigenvalue weighted by Gasteiger charge is 2.31. The minimum atomic E-state index is -0.347. The first-order chi connectivity index (χ1) is 12.1. The molecule has 0 aromatic heterocycles. The van der Waals surface area contributed by atoms with Crippen LogP contribution < -0.4 is 11.1 Å². The normalized spacial score (nSPS) is 13.3. The zero-order valence-corrected chi connectivity index (χ0v) is 17.2. The van der Waals surface area contributed by atoms with Gasteiger partial charge in [-0.05, 0) is 43.4 Å². The van der Waals surface area contributed by atoms with Crippen molar-refractivity contribution in [2.24, 2.45) is 5.41 Å². The summed E-state index contributed by atoms with van der Waals surface area (Å²) in [6.07, 6.45) is 0.894. The molecule has 3 N–H and O–H groups in total. The molecule has 4 heteroatoms. The fraction of sp³-hybridized carbons (Fsp3) is 0.409. The lowest BCUT2D eigenvalue weighted by atomic mass is 9.81. The third-order valence-corrected chi connectivity index (χ3v) is 5.29. The second-order valence-electron chi connectivity index (χ2n) is 8.56. The average molecular weight is 371 g/mol. The summed E-state index contributed by atoms with van der Waals surface area (Å²) in [5.41, 5.74) is 7.62. The van der Waals surface area contributed by atoms with Gasteiger partial charge in [0.2, 0.25) is 5.91 Å². The number of carbonyl (C=O) groups excluding carboxylic acids is 1. The van der Waals surface area contributed by atoms with Crippen molar-refractivity contribution in [3.63, 3.8) is 0 Å². The first-order valence-corrected chi connectivity index (χ1v) is 9.83. The lowest BCUT2D eigenvalue weighted by Gasteiger charge is -2.34. The first-order valence-electron chi connectivity index (χ1n) is 8.96. The van der Waals surface area contributed by atoms with E-state index in [-0.39, 0.29) is 22.1 Å². The molecular formula is C22H30N2OS. The van der Waals surface area contributed by atoms with Crippen LogP contribution in [-0.2, 0) is 4.79 Å². The van der Waals surface area contributed by atoms with Gasteiger partial charge in [-0.25, -0.2) is 0 Å². The fourth-order valence-corrected chi connectivity index (χ4v) is 4.46. The van der Waals surface area contributed by atoms with Crippen molar-refractivity contribution in [2.45, 2.75) is 56.7 Å². The second-order valence-corrected chi connectivity index (χ2v) is 9.70. The molecule has 0 spiro atoms. The number of nitrogen functional groups attached to an aromatic ring is 1. The molecule has 0 unspecified atom stereocenters. The zero-order valence-electron chi connectivity index (χ0n) is 16.4. The molecule has 0 aliphatic carbocycles. The largest absolute Gasteiger partial charge is 0.398 e. The van der Waals surface area contributed by atoms with Gasteiger partial charge < -0.3 is 11.1 Å². The Bertz CT molecular complexity index is 735. The summed E-state index contributed by atoms with van der Waals surface area (Å²) in [7, 11) is 0. The van der Waals surface area contributed by atoms with Crippen LogP contribution in [0.5, 0.6) is 0 Å². The van der Waals surface area contributed by atoms with Crippen LogP contribution in [-0.4, -0.2) is 11.4 Å². The number of para-hydroxylation sites is 1. The number of nitrogens with two attached hydrogens (primary N) is 1. The van der Waals surface area contributed by atoms with Crippen molar-refractivity contribution in [3.8, 4) is 0 Å². The molecule has 0 aliphatic rings. The van der Waals surface area contributed by atoms with Gasteiger partial charge in [0.25, 0.3) is 0 Å². The van der Waals surface area contributed by atoms with E-state index in [0.29, 0.717) is 5.69 Å². The first kappa shape index (κ1) is 20.4. The van der Waals surface area contributed by atoms with E-state index in [9.17, 15) is 4.79 Å². The number of amides is 1. The molecule has 0 radical (unpaired) electrons. The van der Waals surface area contributed by atoms with E-state index >= 15 is 0 Å². The van der Waals surface area contributed by atoms with Crippen LogP contribution >= 0.6 is 11.8 Å². The quantitative estimate of drug-likeness (QED) is 0.526. The molecule has 0 fully saturated rings. The van der Waals surface area contributed by atoms with Gasteiger partial charge in [0.15, 0.2) is 0 Å². The van der Waals surface area contributed by atoms with Gasteiger partial charge >= 0.3 is 0 Å². The minimum absolute atomic E-state index is 0.0127. The molecule has 0 saturated carbocycles. The third kappa shape index (κ3) is 6.10. The lowest BCUT2D eigenvalue weighted by molar-refractivity contribution is -0.122. The Morgan fingerprint density at radius 2 is 1.58 bits per heavy atom. The van der Waals surface area contributed by atoms with E-state index < -0.39 is 0 Å². The topological polar surface area (TPSA) is 55.1 Å². The summed E-state index contributed by atoms with van der Waals surface area (Å²) in [5.74, 6) is 0.0127. The van der Waals surface area contributed by atoms with Crippen molar-refractivity contribution < 1.29 is 4.79 Å². The molecule has 0 heterocycles. The van der Waals surface area contributed by atoms with Crippen LogP contribution in [0.25, 0.3) is 0 Å². The van der Waals surface area contributed by atoms with Gasteiger partial charge in [-0.15, -0.1) is 11.8 Å².